The monoisotopic (exact) mass is 338 g/mol. The molecule has 1 amide bonds. The molecule has 0 aliphatic carbocycles. The Labute approximate surface area is 152 Å². The third-order valence-electron chi connectivity index (χ3n) is 4.63. The van der Waals surface area contributed by atoms with Crippen LogP contribution < -0.4 is 5.32 Å². The molecule has 25 heavy (non-hydrogen) atoms. The van der Waals surface area contributed by atoms with E-state index in [4.69, 9.17) is 0 Å². The van der Waals surface area contributed by atoms with Crippen molar-refractivity contribution < 1.29 is 4.79 Å². The molecule has 0 spiro atoms. The minimum atomic E-state index is -0.0174. The van der Waals surface area contributed by atoms with Gasteiger partial charge in [0, 0.05) is 12.1 Å². The summed E-state index contributed by atoms with van der Waals surface area (Å²) in [5.41, 5.74) is 4.41. The largest absolute Gasteiger partial charge is 0.350 e. The second-order valence-corrected chi connectivity index (χ2v) is 7.88. The van der Waals surface area contributed by atoms with Crippen LogP contribution in [-0.4, -0.2) is 31.4 Å². The Balaban J connectivity index is 2.11. The lowest BCUT2D eigenvalue weighted by molar-refractivity contribution is 0.0941. The third kappa shape index (κ3) is 4.93. The van der Waals surface area contributed by atoms with Crippen LogP contribution in [0.1, 0.15) is 53.9 Å². The van der Waals surface area contributed by atoms with Crippen LogP contribution in [0, 0.1) is 6.92 Å². The Morgan fingerprint density at radius 1 is 1.04 bits per heavy atom. The van der Waals surface area contributed by atoms with E-state index >= 15 is 0 Å². The highest BCUT2D eigenvalue weighted by atomic mass is 16.1. The molecule has 3 heteroatoms. The van der Waals surface area contributed by atoms with Crippen LogP contribution in [0.2, 0.25) is 0 Å². The predicted octanol–water partition coefficient (Wildman–Crippen LogP) is 4.33. The van der Waals surface area contributed by atoms with E-state index in [0.717, 1.165) is 11.1 Å². The molecule has 1 atom stereocenters. The third-order valence-corrected chi connectivity index (χ3v) is 4.63. The Kier molecular flexibility index (Phi) is 6.02. The Morgan fingerprint density at radius 3 is 2.16 bits per heavy atom. The summed E-state index contributed by atoms with van der Waals surface area (Å²) in [7, 11) is 4.09. The van der Waals surface area contributed by atoms with Crippen LogP contribution in [0.5, 0.6) is 0 Å². The highest BCUT2D eigenvalue weighted by Crippen LogP contribution is 2.25. The van der Waals surface area contributed by atoms with E-state index in [0.29, 0.717) is 6.54 Å². The number of rotatable bonds is 5. The van der Waals surface area contributed by atoms with Crippen LogP contribution in [0.25, 0.3) is 0 Å². The second kappa shape index (κ2) is 7.83. The fraction of sp³-hybridized carbons (Fsp3) is 0.409. The topological polar surface area (TPSA) is 32.3 Å². The average Bonchev–Trinajstić information content (AvgIpc) is 2.54. The van der Waals surface area contributed by atoms with Gasteiger partial charge in [-0.15, -0.1) is 0 Å². The van der Waals surface area contributed by atoms with Crippen molar-refractivity contribution in [3.63, 3.8) is 0 Å². The maximum Gasteiger partial charge on any atom is 0.251 e. The summed E-state index contributed by atoms with van der Waals surface area (Å²) in [5.74, 6) is -0.0174. The van der Waals surface area contributed by atoms with Crippen molar-refractivity contribution in [1.29, 1.82) is 0 Å². The Morgan fingerprint density at radius 2 is 1.64 bits per heavy atom. The summed E-state index contributed by atoms with van der Waals surface area (Å²) >= 11 is 0. The van der Waals surface area contributed by atoms with Gasteiger partial charge in [0.1, 0.15) is 0 Å². The van der Waals surface area contributed by atoms with Crippen LogP contribution >= 0.6 is 0 Å². The first kappa shape index (κ1) is 19.2. The molecule has 1 N–H and O–H groups in total. The summed E-state index contributed by atoms with van der Waals surface area (Å²) in [4.78, 5) is 14.6. The number of carbonyl (C=O) groups is 1. The zero-order valence-corrected chi connectivity index (χ0v) is 16.3. The van der Waals surface area contributed by atoms with E-state index in [-0.39, 0.29) is 17.4 Å². The number of nitrogens with zero attached hydrogens (tertiary/aromatic N) is 1. The number of amides is 1. The molecule has 0 radical (unpaired) electrons. The molecule has 0 saturated carbocycles. The summed E-state index contributed by atoms with van der Waals surface area (Å²) in [6, 6.07) is 16.5. The van der Waals surface area contributed by atoms with Gasteiger partial charge >= 0.3 is 0 Å². The molecule has 3 nitrogen and oxygen atoms in total. The van der Waals surface area contributed by atoms with Crippen molar-refractivity contribution in [2.75, 3.05) is 20.6 Å². The number of benzene rings is 2. The average molecular weight is 338 g/mol. The van der Waals surface area contributed by atoms with Gasteiger partial charge in [-0.25, -0.2) is 0 Å². The minimum absolute atomic E-state index is 0.0174. The smallest absolute Gasteiger partial charge is 0.251 e. The molecule has 2 rings (SSSR count). The fourth-order valence-corrected chi connectivity index (χ4v) is 2.92. The van der Waals surface area contributed by atoms with Gasteiger partial charge in [-0.05, 0) is 49.2 Å². The molecule has 134 valence electrons. The minimum Gasteiger partial charge on any atom is -0.350 e. The molecular weight excluding hydrogens is 308 g/mol. The number of hydrogen-bond acceptors (Lipinski definition) is 2. The van der Waals surface area contributed by atoms with E-state index in [2.05, 4.69) is 55.3 Å². The van der Waals surface area contributed by atoms with Gasteiger partial charge in [0.05, 0.1) is 6.04 Å². The lowest BCUT2D eigenvalue weighted by atomic mass is 9.86. The first-order valence-corrected chi connectivity index (χ1v) is 8.81. The van der Waals surface area contributed by atoms with Gasteiger partial charge < -0.3 is 10.2 Å². The molecule has 0 saturated heterocycles. The van der Waals surface area contributed by atoms with Crippen molar-refractivity contribution in [1.82, 2.24) is 10.2 Å². The summed E-state index contributed by atoms with van der Waals surface area (Å²) < 4.78 is 0. The van der Waals surface area contributed by atoms with Gasteiger partial charge in [-0.1, -0.05) is 63.2 Å². The Bertz CT molecular complexity index is 712. The summed E-state index contributed by atoms with van der Waals surface area (Å²) in [5, 5.41) is 3.08. The molecular formula is C22H30N2O. The zero-order chi connectivity index (χ0) is 18.6. The zero-order valence-electron chi connectivity index (χ0n) is 16.3. The molecule has 0 aromatic heterocycles. The standard InChI is InChI=1S/C22H30N2O/c1-16-9-7-8-10-19(16)21(25)23-15-20(24(5)6)17-11-13-18(14-12-17)22(2,3)4/h7-14,20H,15H2,1-6H3,(H,23,25)/t20-/m0/s1. The molecule has 0 aliphatic rings. The first-order chi connectivity index (χ1) is 11.7. The quantitative estimate of drug-likeness (QED) is 0.880. The number of hydrogen-bond donors (Lipinski definition) is 1. The predicted molar refractivity (Wildman–Crippen MR) is 105 cm³/mol. The van der Waals surface area contributed by atoms with Gasteiger partial charge in [0.15, 0.2) is 0 Å². The van der Waals surface area contributed by atoms with Crippen LogP contribution in [0.3, 0.4) is 0 Å². The van der Waals surface area contributed by atoms with Gasteiger partial charge in [-0.2, -0.15) is 0 Å². The lowest BCUT2D eigenvalue weighted by Gasteiger charge is -2.26. The van der Waals surface area contributed by atoms with E-state index < -0.39 is 0 Å². The number of likely N-dealkylation sites (N-methyl/N-ethyl adjacent to an activating group) is 1. The van der Waals surface area contributed by atoms with Crippen molar-refractivity contribution in [2.24, 2.45) is 0 Å². The van der Waals surface area contributed by atoms with Gasteiger partial charge in [0.2, 0.25) is 0 Å². The molecule has 2 aromatic rings. The van der Waals surface area contributed by atoms with E-state index in [1.165, 1.54) is 11.1 Å². The molecule has 0 unspecified atom stereocenters. The number of carbonyl (C=O) groups excluding carboxylic acids is 1. The van der Waals surface area contributed by atoms with Gasteiger partial charge in [0.25, 0.3) is 5.91 Å². The lowest BCUT2D eigenvalue weighted by Crippen LogP contribution is -2.34. The molecule has 2 aromatic carbocycles. The summed E-state index contributed by atoms with van der Waals surface area (Å²) in [6.45, 7) is 9.19. The van der Waals surface area contributed by atoms with Crippen molar-refractivity contribution in [3.05, 3.63) is 70.8 Å². The van der Waals surface area contributed by atoms with Crippen LogP contribution in [0.15, 0.2) is 48.5 Å². The maximum atomic E-state index is 12.5. The number of aryl methyl sites for hydroxylation is 1. The maximum absolute atomic E-state index is 12.5. The second-order valence-electron chi connectivity index (χ2n) is 7.88. The molecule has 0 fully saturated rings. The normalized spacial score (nSPS) is 12.9. The highest BCUT2D eigenvalue weighted by Gasteiger charge is 2.18. The Hall–Kier alpha value is -2.13. The fourth-order valence-electron chi connectivity index (χ4n) is 2.92. The SMILES string of the molecule is Cc1ccccc1C(=O)NC[C@@H](c1ccc(C(C)(C)C)cc1)N(C)C. The highest BCUT2D eigenvalue weighted by molar-refractivity contribution is 5.95. The van der Waals surface area contributed by atoms with E-state index in [1.807, 2.05) is 45.3 Å². The van der Waals surface area contributed by atoms with Crippen molar-refractivity contribution >= 4 is 5.91 Å². The summed E-state index contributed by atoms with van der Waals surface area (Å²) in [6.07, 6.45) is 0. The molecule has 0 bridgehead atoms. The number of nitrogens with one attached hydrogen (secondary N) is 1. The van der Waals surface area contributed by atoms with Crippen molar-refractivity contribution in [3.8, 4) is 0 Å². The van der Waals surface area contributed by atoms with E-state index in [1.54, 1.807) is 0 Å². The van der Waals surface area contributed by atoms with E-state index in [9.17, 15) is 4.79 Å². The van der Waals surface area contributed by atoms with Crippen LogP contribution in [-0.2, 0) is 5.41 Å². The first-order valence-electron chi connectivity index (χ1n) is 8.81. The molecule has 0 aliphatic heterocycles. The van der Waals surface area contributed by atoms with Crippen molar-refractivity contribution in [2.45, 2.75) is 39.2 Å². The molecule has 0 heterocycles. The van der Waals surface area contributed by atoms with Gasteiger partial charge in [-0.3, -0.25) is 4.79 Å². The van der Waals surface area contributed by atoms with Crippen LogP contribution in [0.4, 0.5) is 0 Å².